The van der Waals surface area contributed by atoms with E-state index in [2.05, 4.69) is 0 Å². The molecule has 0 aliphatic heterocycles. The standard InChI is InChI=1S/C14H17NO3/c1-11-5-7-12(8-6-11)14(18)15(2)10-13(17)4-3-9-16/h4-9,17H,3,10H2,1-2H3/b13-4+. The van der Waals surface area contributed by atoms with Crippen LogP contribution >= 0.6 is 0 Å². The van der Waals surface area contributed by atoms with Gasteiger partial charge in [0.15, 0.2) is 0 Å². The number of carbonyl (C=O) groups is 2. The predicted molar refractivity (Wildman–Crippen MR) is 69.5 cm³/mol. The normalized spacial score (nSPS) is 11.1. The number of benzene rings is 1. The van der Waals surface area contributed by atoms with E-state index in [0.717, 1.165) is 5.56 Å². The predicted octanol–water partition coefficient (Wildman–Crippen LogP) is 2.10. The smallest absolute Gasteiger partial charge is 0.254 e. The number of aliphatic hydroxyl groups is 1. The molecule has 0 fully saturated rings. The second-order valence-corrected chi connectivity index (χ2v) is 4.13. The highest BCUT2D eigenvalue weighted by Gasteiger charge is 2.12. The maximum atomic E-state index is 12.0. The number of aliphatic hydroxyl groups excluding tert-OH is 1. The molecule has 0 spiro atoms. The van der Waals surface area contributed by atoms with Crippen LogP contribution in [0.4, 0.5) is 0 Å². The molecule has 0 radical (unpaired) electrons. The Morgan fingerprint density at radius 3 is 2.50 bits per heavy atom. The van der Waals surface area contributed by atoms with Crippen molar-refractivity contribution in [3.05, 3.63) is 47.2 Å². The summed E-state index contributed by atoms with van der Waals surface area (Å²) in [6.45, 7) is 2.05. The van der Waals surface area contributed by atoms with Crippen molar-refractivity contribution in [2.45, 2.75) is 13.3 Å². The molecule has 1 N–H and O–H groups in total. The Hall–Kier alpha value is -2.10. The minimum Gasteiger partial charge on any atom is -0.511 e. The zero-order chi connectivity index (χ0) is 13.5. The number of hydrogen-bond acceptors (Lipinski definition) is 3. The van der Waals surface area contributed by atoms with E-state index in [1.807, 2.05) is 19.1 Å². The van der Waals surface area contributed by atoms with Gasteiger partial charge in [0.2, 0.25) is 0 Å². The average Bonchev–Trinajstić information content (AvgIpc) is 2.36. The van der Waals surface area contributed by atoms with Gasteiger partial charge >= 0.3 is 0 Å². The zero-order valence-corrected chi connectivity index (χ0v) is 10.6. The monoisotopic (exact) mass is 247 g/mol. The van der Waals surface area contributed by atoms with Gasteiger partial charge in [-0.15, -0.1) is 0 Å². The number of aldehydes is 1. The van der Waals surface area contributed by atoms with Crippen LogP contribution in [0.2, 0.25) is 0 Å². The highest BCUT2D eigenvalue weighted by molar-refractivity contribution is 5.94. The lowest BCUT2D eigenvalue weighted by atomic mass is 10.1. The van der Waals surface area contributed by atoms with Gasteiger partial charge in [-0.3, -0.25) is 4.79 Å². The fraction of sp³-hybridized carbons (Fsp3) is 0.286. The van der Waals surface area contributed by atoms with Crippen LogP contribution in [0, 0.1) is 6.92 Å². The third-order valence-electron chi connectivity index (χ3n) is 2.49. The average molecular weight is 247 g/mol. The second kappa shape index (κ2) is 6.59. The van der Waals surface area contributed by atoms with Gasteiger partial charge in [-0.1, -0.05) is 17.7 Å². The summed E-state index contributed by atoms with van der Waals surface area (Å²) in [4.78, 5) is 23.5. The Balaban J connectivity index is 2.66. The maximum Gasteiger partial charge on any atom is 0.254 e. The molecule has 4 nitrogen and oxygen atoms in total. The van der Waals surface area contributed by atoms with Crippen LogP contribution in [-0.2, 0) is 4.79 Å². The van der Waals surface area contributed by atoms with E-state index in [1.54, 1.807) is 19.2 Å². The van der Waals surface area contributed by atoms with Gasteiger partial charge in [-0.2, -0.15) is 0 Å². The first-order chi connectivity index (χ1) is 8.54. The van der Waals surface area contributed by atoms with Crippen molar-refractivity contribution >= 4 is 12.2 Å². The molecule has 4 heteroatoms. The second-order valence-electron chi connectivity index (χ2n) is 4.13. The van der Waals surface area contributed by atoms with Gasteiger partial charge < -0.3 is 14.8 Å². The number of aryl methyl sites for hydroxylation is 1. The first-order valence-corrected chi connectivity index (χ1v) is 5.68. The first-order valence-electron chi connectivity index (χ1n) is 5.68. The van der Waals surface area contributed by atoms with E-state index in [-0.39, 0.29) is 24.6 Å². The van der Waals surface area contributed by atoms with Crippen LogP contribution in [0.1, 0.15) is 22.3 Å². The Bertz CT molecular complexity index is 449. The summed E-state index contributed by atoms with van der Waals surface area (Å²) in [5.41, 5.74) is 1.66. The highest BCUT2D eigenvalue weighted by atomic mass is 16.3. The molecular formula is C14H17NO3. The SMILES string of the molecule is Cc1ccc(C(=O)N(C)C/C(O)=C\CC=O)cc1. The molecule has 1 amide bonds. The van der Waals surface area contributed by atoms with E-state index in [9.17, 15) is 14.7 Å². The summed E-state index contributed by atoms with van der Waals surface area (Å²) in [6, 6.07) is 7.23. The van der Waals surface area contributed by atoms with Crippen LogP contribution in [0.15, 0.2) is 36.1 Å². The lowest BCUT2D eigenvalue weighted by Gasteiger charge is -2.16. The fourth-order valence-corrected chi connectivity index (χ4v) is 1.48. The van der Waals surface area contributed by atoms with E-state index in [4.69, 9.17) is 0 Å². The molecule has 0 aliphatic rings. The lowest BCUT2D eigenvalue weighted by molar-refractivity contribution is -0.107. The molecule has 0 bridgehead atoms. The molecule has 18 heavy (non-hydrogen) atoms. The number of likely N-dealkylation sites (N-methyl/N-ethyl adjacent to an activating group) is 1. The molecule has 1 aromatic rings. The van der Waals surface area contributed by atoms with Gasteiger partial charge in [0.05, 0.1) is 6.54 Å². The summed E-state index contributed by atoms with van der Waals surface area (Å²) < 4.78 is 0. The molecule has 96 valence electrons. The van der Waals surface area contributed by atoms with Crippen molar-refractivity contribution in [1.29, 1.82) is 0 Å². The van der Waals surface area contributed by atoms with Crippen molar-refractivity contribution < 1.29 is 14.7 Å². The lowest BCUT2D eigenvalue weighted by Crippen LogP contribution is -2.28. The van der Waals surface area contributed by atoms with Crippen LogP contribution < -0.4 is 0 Å². The van der Waals surface area contributed by atoms with Gasteiger partial charge in [0.25, 0.3) is 5.91 Å². The molecule has 0 aliphatic carbocycles. The third kappa shape index (κ3) is 4.05. The molecule has 0 aromatic heterocycles. The molecule has 0 unspecified atom stereocenters. The number of rotatable bonds is 5. The van der Waals surface area contributed by atoms with E-state index in [1.165, 1.54) is 11.0 Å². The Labute approximate surface area is 107 Å². The highest BCUT2D eigenvalue weighted by Crippen LogP contribution is 2.07. The summed E-state index contributed by atoms with van der Waals surface area (Å²) in [7, 11) is 1.60. The van der Waals surface area contributed by atoms with Crippen molar-refractivity contribution in [2.24, 2.45) is 0 Å². The van der Waals surface area contributed by atoms with Crippen molar-refractivity contribution in [1.82, 2.24) is 4.90 Å². The Morgan fingerprint density at radius 1 is 1.33 bits per heavy atom. The first kappa shape index (κ1) is 14.0. The van der Waals surface area contributed by atoms with Gasteiger partial charge in [0, 0.05) is 19.0 Å². The molecule has 0 atom stereocenters. The quantitative estimate of drug-likeness (QED) is 0.640. The summed E-state index contributed by atoms with van der Waals surface area (Å²) in [5.74, 6) is -0.147. The molecule has 0 saturated carbocycles. The van der Waals surface area contributed by atoms with Crippen LogP contribution in [0.5, 0.6) is 0 Å². The van der Waals surface area contributed by atoms with E-state index in [0.29, 0.717) is 11.8 Å². The molecule has 1 rings (SSSR count). The third-order valence-corrected chi connectivity index (χ3v) is 2.49. The molecule has 0 saturated heterocycles. The summed E-state index contributed by atoms with van der Waals surface area (Å²) in [5, 5.41) is 9.50. The number of allylic oxidation sites excluding steroid dienone is 1. The molecule has 0 heterocycles. The van der Waals surface area contributed by atoms with Crippen molar-refractivity contribution in [2.75, 3.05) is 13.6 Å². The fourth-order valence-electron chi connectivity index (χ4n) is 1.48. The van der Waals surface area contributed by atoms with Crippen LogP contribution in [-0.4, -0.2) is 35.8 Å². The van der Waals surface area contributed by atoms with E-state index < -0.39 is 0 Å². The summed E-state index contributed by atoms with van der Waals surface area (Å²) >= 11 is 0. The number of carbonyl (C=O) groups excluding carboxylic acids is 2. The minimum atomic E-state index is -0.166. The zero-order valence-electron chi connectivity index (χ0n) is 10.6. The molecular weight excluding hydrogens is 230 g/mol. The number of amides is 1. The van der Waals surface area contributed by atoms with Crippen LogP contribution in [0.25, 0.3) is 0 Å². The number of hydrogen-bond donors (Lipinski definition) is 1. The summed E-state index contributed by atoms with van der Waals surface area (Å²) in [6.07, 6.45) is 2.24. The van der Waals surface area contributed by atoms with E-state index >= 15 is 0 Å². The molecule has 1 aromatic carbocycles. The maximum absolute atomic E-state index is 12.0. The Morgan fingerprint density at radius 2 is 1.94 bits per heavy atom. The van der Waals surface area contributed by atoms with Crippen LogP contribution in [0.3, 0.4) is 0 Å². The van der Waals surface area contributed by atoms with Gasteiger partial charge in [0.1, 0.15) is 12.0 Å². The van der Waals surface area contributed by atoms with Gasteiger partial charge in [-0.25, -0.2) is 0 Å². The number of nitrogens with zero attached hydrogens (tertiary/aromatic N) is 1. The van der Waals surface area contributed by atoms with Crippen molar-refractivity contribution in [3.63, 3.8) is 0 Å². The minimum absolute atomic E-state index is 0.0186. The van der Waals surface area contributed by atoms with Crippen molar-refractivity contribution in [3.8, 4) is 0 Å². The van der Waals surface area contributed by atoms with Gasteiger partial charge in [-0.05, 0) is 25.1 Å². The topological polar surface area (TPSA) is 57.6 Å². The Kier molecular flexibility index (Phi) is 5.11. The largest absolute Gasteiger partial charge is 0.511 e.